The van der Waals surface area contributed by atoms with Gasteiger partial charge in [-0.3, -0.25) is 9.89 Å². The van der Waals surface area contributed by atoms with Crippen molar-refractivity contribution in [2.45, 2.75) is 20.3 Å². The van der Waals surface area contributed by atoms with Gasteiger partial charge in [0.15, 0.2) is 5.65 Å². The van der Waals surface area contributed by atoms with E-state index in [-0.39, 0.29) is 11.4 Å². The summed E-state index contributed by atoms with van der Waals surface area (Å²) in [5.41, 5.74) is 4.14. The molecule has 0 atom stereocenters. The third kappa shape index (κ3) is 2.73. The molecule has 4 aromatic rings. The molecule has 0 spiro atoms. The third-order valence-electron chi connectivity index (χ3n) is 4.20. The predicted octanol–water partition coefficient (Wildman–Crippen LogP) is 3.02. The number of H-pyrrole nitrogens is 1. The number of benzene rings is 1. The van der Waals surface area contributed by atoms with E-state index >= 15 is 0 Å². The number of nitrogens with zero attached hydrogens (tertiary/aromatic N) is 3. The zero-order chi connectivity index (χ0) is 17.6. The van der Waals surface area contributed by atoms with Crippen LogP contribution in [0.25, 0.3) is 16.9 Å². The van der Waals surface area contributed by atoms with Gasteiger partial charge in [0.05, 0.1) is 17.1 Å². The number of rotatable bonds is 3. The summed E-state index contributed by atoms with van der Waals surface area (Å²) in [7, 11) is 0. The summed E-state index contributed by atoms with van der Waals surface area (Å²) in [4.78, 5) is 16.9. The van der Waals surface area contributed by atoms with Crippen molar-refractivity contribution in [2.75, 3.05) is 0 Å². The van der Waals surface area contributed by atoms with Crippen LogP contribution in [0.1, 0.15) is 22.7 Å². The first-order valence-electron chi connectivity index (χ1n) is 7.80. The molecular formula is C18H15FN4O2. The van der Waals surface area contributed by atoms with Crippen LogP contribution < -0.4 is 5.56 Å². The zero-order valence-electron chi connectivity index (χ0n) is 13.7. The molecule has 0 radical (unpaired) electrons. The maximum absolute atomic E-state index is 13.1. The Kier molecular flexibility index (Phi) is 3.49. The molecule has 0 bridgehead atoms. The van der Waals surface area contributed by atoms with Crippen LogP contribution in [-0.2, 0) is 6.42 Å². The molecule has 3 aromatic heterocycles. The molecule has 7 heteroatoms. The lowest BCUT2D eigenvalue weighted by molar-refractivity contribution is 0.392. The van der Waals surface area contributed by atoms with Crippen LogP contribution in [0.15, 0.2) is 45.7 Å². The van der Waals surface area contributed by atoms with Crippen molar-refractivity contribution >= 4 is 5.65 Å². The van der Waals surface area contributed by atoms with E-state index in [1.165, 1.54) is 22.7 Å². The Morgan fingerprint density at radius 2 is 1.96 bits per heavy atom. The second kappa shape index (κ2) is 5.70. The van der Waals surface area contributed by atoms with E-state index in [0.717, 1.165) is 22.6 Å². The van der Waals surface area contributed by atoms with E-state index in [2.05, 4.69) is 15.2 Å². The Labute approximate surface area is 141 Å². The highest BCUT2D eigenvalue weighted by molar-refractivity contribution is 5.63. The number of aromatic nitrogens is 4. The van der Waals surface area contributed by atoms with Crippen LogP contribution in [-0.4, -0.2) is 19.8 Å². The van der Waals surface area contributed by atoms with Crippen molar-refractivity contribution in [1.82, 2.24) is 19.8 Å². The van der Waals surface area contributed by atoms with Gasteiger partial charge in [0.2, 0.25) is 0 Å². The van der Waals surface area contributed by atoms with Crippen molar-refractivity contribution < 1.29 is 8.91 Å². The Balaban J connectivity index is 1.77. The lowest BCUT2D eigenvalue weighted by atomic mass is 10.1. The number of aromatic amines is 1. The average molecular weight is 338 g/mol. The number of hydrogen-bond acceptors (Lipinski definition) is 4. The molecule has 0 aliphatic carbocycles. The summed E-state index contributed by atoms with van der Waals surface area (Å²) in [6.45, 7) is 3.70. The van der Waals surface area contributed by atoms with Gasteiger partial charge in [-0.05, 0) is 43.7 Å². The second-order valence-corrected chi connectivity index (χ2v) is 5.94. The molecule has 6 nitrogen and oxygen atoms in total. The Morgan fingerprint density at radius 3 is 2.64 bits per heavy atom. The van der Waals surface area contributed by atoms with Gasteiger partial charge in [-0.2, -0.15) is 0 Å². The highest BCUT2D eigenvalue weighted by atomic mass is 19.1. The SMILES string of the molecule is Cc1noc(C)c1Cc1cc(=O)n2[nH]c(-c3ccc(F)cc3)cc2n1. The van der Waals surface area contributed by atoms with E-state index in [0.29, 0.717) is 23.5 Å². The van der Waals surface area contributed by atoms with Crippen molar-refractivity contribution in [3.63, 3.8) is 0 Å². The lowest BCUT2D eigenvalue weighted by Gasteiger charge is -2.00. The number of fused-ring (bicyclic) bond motifs is 1. The standard InChI is InChI=1S/C18H15FN4O2/c1-10-15(11(2)25-22-10)7-14-8-18(24)23-17(20-14)9-16(21-23)12-3-5-13(19)6-4-12/h3-6,8-9,21H,7H2,1-2H3. The quantitative estimate of drug-likeness (QED) is 0.623. The molecule has 0 saturated heterocycles. The summed E-state index contributed by atoms with van der Waals surface area (Å²) in [5, 5.41) is 6.92. The van der Waals surface area contributed by atoms with E-state index in [1.807, 2.05) is 13.8 Å². The fourth-order valence-electron chi connectivity index (χ4n) is 2.84. The van der Waals surface area contributed by atoms with E-state index < -0.39 is 0 Å². The van der Waals surface area contributed by atoms with E-state index in [4.69, 9.17) is 4.52 Å². The molecule has 0 unspecified atom stereocenters. The van der Waals surface area contributed by atoms with Crippen molar-refractivity contribution in [3.05, 3.63) is 75.3 Å². The third-order valence-corrected chi connectivity index (χ3v) is 4.20. The van der Waals surface area contributed by atoms with Crippen LogP contribution in [0, 0.1) is 19.7 Å². The Hall–Kier alpha value is -3.22. The fraction of sp³-hybridized carbons (Fsp3) is 0.167. The summed E-state index contributed by atoms with van der Waals surface area (Å²) < 4.78 is 19.6. The van der Waals surface area contributed by atoms with Crippen LogP contribution >= 0.6 is 0 Å². The smallest absolute Gasteiger partial charge is 0.272 e. The molecule has 0 amide bonds. The molecule has 4 rings (SSSR count). The molecule has 0 saturated carbocycles. The van der Waals surface area contributed by atoms with Crippen molar-refractivity contribution in [3.8, 4) is 11.3 Å². The topological polar surface area (TPSA) is 76.2 Å². The Bertz CT molecular complexity index is 1100. The number of halogens is 1. The normalized spacial score (nSPS) is 11.3. The maximum Gasteiger partial charge on any atom is 0.272 e. The summed E-state index contributed by atoms with van der Waals surface area (Å²) in [5.74, 6) is 0.414. The highest BCUT2D eigenvalue weighted by Gasteiger charge is 2.13. The Morgan fingerprint density at radius 1 is 1.20 bits per heavy atom. The van der Waals surface area contributed by atoms with Gasteiger partial charge in [-0.25, -0.2) is 13.9 Å². The van der Waals surface area contributed by atoms with E-state index in [1.54, 1.807) is 18.2 Å². The van der Waals surface area contributed by atoms with Crippen LogP contribution in [0.3, 0.4) is 0 Å². The largest absolute Gasteiger partial charge is 0.361 e. The molecule has 25 heavy (non-hydrogen) atoms. The summed E-state index contributed by atoms with van der Waals surface area (Å²) in [6.07, 6.45) is 0.476. The molecule has 1 N–H and O–H groups in total. The lowest BCUT2D eigenvalue weighted by Crippen LogP contribution is -2.15. The molecular weight excluding hydrogens is 323 g/mol. The molecule has 3 heterocycles. The molecule has 1 aromatic carbocycles. The molecule has 0 aliphatic heterocycles. The van der Waals surface area contributed by atoms with Crippen LogP contribution in [0.5, 0.6) is 0 Å². The average Bonchev–Trinajstić information content (AvgIpc) is 3.15. The molecule has 126 valence electrons. The summed E-state index contributed by atoms with van der Waals surface area (Å²) in [6, 6.07) is 9.31. The first-order chi connectivity index (χ1) is 12.0. The monoisotopic (exact) mass is 338 g/mol. The highest BCUT2D eigenvalue weighted by Crippen LogP contribution is 2.20. The molecule has 0 aliphatic rings. The van der Waals surface area contributed by atoms with E-state index in [9.17, 15) is 9.18 Å². The number of hydrogen-bond donors (Lipinski definition) is 1. The first kappa shape index (κ1) is 15.3. The summed E-state index contributed by atoms with van der Waals surface area (Å²) >= 11 is 0. The van der Waals surface area contributed by atoms with Gasteiger partial charge in [0.25, 0.3) is 5.56 Å². The van der Waals surface area contributed by atoms with Gasteiger partial charge in [0, 0.05) is 24.1 Å². The van der Waals surface area contributed by atoms with Gasteiger partial charge < -0.3 is 4.52 Å². The minimum Gasteiger partial charge on any atom is -0.361 e. The maximum atomic E-state index is 13.1. The minimum atomic E-state index is -0.308. The first-order valence-corrected chi connectivity index (χ1v) is 7.80. The van der Waals surface area contributed by atoms with Gasteiger partial charge in [-0.15, -0.1) is 0 Å². The zero-order valence-corrected chi connectivity index (χ0v) is 13.7. The van der Waals surface area contributed by atoms with Crippen molar-refractivity contribution in [2.24, 2.45) is 0 Å². The number of aryl methyl sites for hydroxylation is 2. The van der Waals surface area contributed by atoms with Crippen LogP contribution in [0.4, 0.5) is 4.39 Å². The van der Waals surface area contributed by atoms with Gasteiger partial charge in [-0.1, -0.05) is 5.16 Å². The van der Waals surface area contributed by atoms with Gasteiger partial charge in [0.1, 0.15) is 11.6 Å². The van der Waals surface area contributed by atoms with Crippen LogP contribution in [0.2, 0.25) is 0 Å². The van der Waals surface area contributed by atoms with Gasteiger partial charge >= 0.3 is 0 Å². The molecule has 0 fully saturated rings. The van der Waals surface area contributed by atoms with Crippen molar-refractivity contribution in [1.29, 1.82) is 0 Å². The minimum absolute atomic E-state index is 0.208. The number of nitrogens with one attached hydrogen (secondary N) is 1. The second-order valence-electron chi connectivity index (χ2n) is 5.94. The predicted molar refractivity (Wildman–Crippen MR) is 90.0 cm³/mol. The fourth-order valence-corrected chi connectivity index (χ4v) is 2.84.